The summed E-state index contributed by atoms with van der Waals surface area (Å²) in [7, 11) is 0. The van der Waals surface area contributed by atoms with Crippen molar-refractivity contribution in [1.82, 2.24) is 16.0 Å². The summed E-state index contributed by atoms with van der Waals surface area (Å²) in [6, 6.07) is -4.40. The highest BCUT2D eigenvalue weighted by atomic mass is 32.1. The molecule has 14 nitrogen and oxygen atoms in total. The molecule has 3 atom stereocenters. The summed E-state index contributed by atoms with van der Waals surface area (Å²) in [4.78, 5) is 80.2. The summed E-state index contributed by atoms with van der Waals surface area (Å²) < 4.78 is 0. The Hall–Kier alpha value is -3.36. The molecule has 0 aromatic carbocycles. The van der Waals surface area contributed by atoms with Gasteiger partial charge in [-0.1, -0.05) is 0 Å². The van der Waals surface area contributed by atoms with Crippen molar-refractivity contribution in [2.45, 2.75) is 56.7 Å². The number of hydrogen-bond acceptors (Lipinski definition) is 8. The second-order valence-corrected chi connectivity index (χ2v) is 6.89. The Bertz CT molecular complexity index is 743. The average molecular weight is 479 g/mol. The Morgan fingerprint density at radius 1 is 0.594 bits per heavy atom. The molecule has 32 heavy (non-hydrogen) atoms. The van der Waals surface area contributed by atoms with E-state index in [1.807, 2.05) is 0 Å². The molecule has 3 amide bonds. The van der Waals surface area contributed by atoms with Gasteiger partial charge in [0, 0.05) is 25.0 Å². The molecule has 0 unspecified atom stereocenters. The van der Waals surface area contributed by atoms with Crippen LogP contribution in [0.2, 0.25) is 0 Å². The van der Waals surface area contributed by atoms with Crippen molar-refractivity contribution in [2.75, 3.05) is 5.75 Å². The Kier molecular flexibility index (Phi) is 13.1. The van der Waals surface area contributed by atoms with Crippen LogP contribution in [-0.4, -0.2) is 85.9 Å². The zero-order valence-electron chi connectivity index (χ0n) is 16.8. The second-order valence-electron chi connectivity index (χ2n) is 6.52. The van der Waals surface area contributed by atoms with Crippen molar-refractivity contribution in [3.8, 4) is 0 Å². The predicted molar refractivity (Wildman–Crippen MR) is 108 cm³/mol. The predicted octanol–water partition coefficient (Wildman–Crippen LogP) is -1.95. The molecule has 0 heterocycles. The van der Waals surface area contributed by atoms with E-state index in [0.29, 0.717) is 0 Å². The van der Waals surface area contributed by atoms with E-state index in [0.717, 1.165) is 0 Å². The lowest BCUT2D eigenvalue weighted by Gasteiger charge is -2.23. The molecule has 0 aromatic rings. The number of rotatable bonds is 16. The number of nitrogens with one attached hydrogen (secondary N) is 3. The highest BCUT2D eigenvalue weighted by molar-refractivity contribution is 7.80. The smallest absolute Gasteiger partial charge is 0.327 e. The van der Waals surface area contributed by atoms with E-state index in [2.05, 4.69) is 28.6 Å². The summed E-state index contributed by atoms with van der Waals surface area (Å²) >= 11 is 3.78. The van der Waals surface area contributed by atoms with Crippen molar-refractivity contribution < 1.29 is 54.0 Å². The second kappa shape index (κ2) is 14.6. The number of hydrogen-bond donors (Lipinski definition) is 8. The van der Waals surface area contributed by atoms with Gasteiger partial charge in [0.1, 0.15) is 18.1 Å². The van der Waals surface area contributed by atoms with Crippen LogP contribution in [-0.2, 0) is 33.6 Å². The molecule has 0 fully saturated rings. The van der Waals surface area contributed by atoms with Gasteiger partial charge >= 0.3 is 23.9 Å². The number of aliphatic carboxylic acids is 4. The monoisotopic (exact) mass is 479 g/mol. The van der Waals surface area contributed by atoms with Crippen LogP contribution in [0, 0.1) is 0 Å². The summed E-state index contributed by atoms with van der Waals surface area (Å²) in [5.74, 6) is -8.47. The highest BCUT2D eigenvalue weighted by Gasteiger charge is 2.29. The minimum atomic E-state index is -1.51. The van der Waals surface area contributed by atoms with Gasteiger partial charge in [-0.25, -0.2) is 4.79 Å². The lowest BCUT2D eigenvalue weighted by molar-refractivity contribution is -0.142. The quantitative estimate of drug-likeness (QED) is 0.113. The largest absolute Gasteiger partial charge is 0.481 e. The summed E-state index contributed by atoms with van der Waals surface area (Å²) in [6.45, 7) is 0. The van der Waals surface area contributed by atoms with Gasteiger partial charge in [0.15, 0.2) is 0 Å². The Balaban J connectivity index is 5.43. The number of carboxylic acid groups (broad SMARTS) is 4. The molecular weight excluding hydrogens is 454 g/mol. The van der Waals surface area contributed by atoms with Crippen LogP contribution in [0.1, 0.15) is 38.5 Å². The number of carbonyl (C=O) groups excluding carboxylic acids is 3. The molecule has 0 saturated carbocycles. The van der Waals surface area contributed by atoms with Gasteiger partial charge in [-0.2, -0.15) is 12.6 Å². The Morgan fingerprint density at radius 2 is 1.00 bits per heavy atom. The normalized spacial score (nSPS) is 13.2. The molecule has 0 bridgehead atoms. The molecule has 15 heteroatoms. The average Bonchev–Trinajstić information content (AvgIpc) is 2.69. The molecule has 0 radical (unpaired) electrons. The maximum absolute atomic E-state index is 12.6. The van der Waals surface area contributed by atoms with Crippen molar-refractivity contribution in [2.24, 2.45) is 0 Å². The molecule has 0 saturated heterocycles. The lowest BCUT2D eigenvalue weighted by atomic mass is 10.1. The van der Waals surface area contributed by atoms with E-state index in [1.54, 1.807) is 0 Å². The number of carbonyl (C=O) groups is 7. The standard InChI is InChI=1S/C17H25N3O11S/c21-11(3-6-14(26)27)18-8(1-4-12(22)23)15(28)19-9(2-5-13(24)25)16(29)20-10(7-32)17(30)31/h8-10,32H,1-7H2,(H,18,21)(H,19,28)(H,20,29)(H,22,23)(H,24,25)(H,26,27)(H,30,31)/t8-,9-,10-/m0/s1. The van der Waals surface area contributed by atoms with Crippen molar-refractivity contribution >= 4 is 54.2 Å². The molecule has 0 spiro atoms. The van der Waals surface area contributed by atoms with Gasteiger partial charge in [0.2, 0.25) is 17.7 Å². The molecule has 7 N–H and O–H groups in total. The molecule has 0 aliphatic carbocycles. The first-order valence-electron chi connectivity index (χ1n) is 9.26. The first-order valence-corrected chi connectivity index (χ1v) is 9.89. The molecule has 180 valence electrons. The first kappa shape index (κ1) is 28.6. The van der Waals surface area contributed by atoms with Gasteiger partial charge in [-0.3, -0.25) is 28.8 Å². The third-order valence-electron chi connectivity index (χ3n) is 3.94. The van der Waals surface area contributed by atoms with E-state index in [4.69, 9.17) is 20.4 Å². The van der Waals surface area contributed by atoms with Crippen molar-refractivity contribution in [3.05, 3.63) is 0 Å². The van der Waals surface area contributed by atoms with Crippen LogP contribution in [0.15, 0.2) is 0 Å². The third kappa shape index (κ3) is 12.4. The number of amides is 3. The molecule has 0 aliphatic rings. The fraction of sp³-hybridized carbons (Fsp3) is 0.588. The van der Waals surface area contributed by atoms with Crippen LogP contribution >= 0.6 is 12.6 Å². The highest BCUT2D eigenvalue weighted by Crippen LogP contribution is 2.05. The fourth-order valence-corrected chi connectivity index (χ4v) is 2.54. The maximum Gasteiger partial charge on any atom is 0.327 e. The first-order chi connectivity index (χ1) is 14.9. The Labute approximate surface area is 187 Å². The van der Waals surface area contributed by atoms with E-state index in [-0.39, 0.29) is 5.75 Å². The van der Waals surface area contributed by atoms with Crippen LogP contribution in [0.5, 0.6) is 0 Å². The van der Waals surface area contributed by atoms with Gasteiger partial charge in [0.05, 0.1) is 6.42 Å². The number of thiol groups is 1. The third-order valence-corrected chi connectivity index (χ3v) is 4.31. The van der Waals surface area contributed by atoms with Crippen LogP contribution < -0.4 is 16.0 Å². The van der Waals surface area contributed by atoms with E-state index >= 15 is 0 Å². The SMILES string of the molecule is O=C(O)CCC(=O)N[C@@H](CCC(=O)O)C(=O)N[C@@H](CCC(=O)O)C(=O)N[C@@H](CS)C(=O)O. The summed E-state index contributed by atoms with van der Waals surface area (Å²) in [5, 5.41) is 41.8. The van der Waals surface area contributed by atoms with Crippen LogP contribution in [0.3, 0.4) is 0 Å². The molecule has 0 aliphatic heterocycles. The van der Waals surface area contributed by atoms with Gasteiger partial charge in [-0.15, -0.1) is 0 Å². The summed E-state index contributed by atoms with van der Waals surface area (Å²) in [6.07, 6.45) is -2.97. The summed E-state index contributed by atoms with van der Waals surface area (Å²) in [5.41, 5.74) is 0. The van der Waals surface area contributed by atoms with Crippen molar-refractivity contribution in [1.29, 1.82) is 0 Å². The van der Waals surface area contributed by atoms with E-state index in [9.17, 15) is 33.6 Å². The van der Waals surface area contributed by atoms with Crippen LogP contribution in [0.4, 0.5) is 0 Å². The maximum atomic E-state index is 12.6. The zero-order chi connectivity index (χ0) is 24.8. The molecular formula is C17H25N3O11S. The fourth-order valence-electron chi connectivity index (χ4n) is 2.29. The van der Waals surface area contributed by atoms with Gasteiger partial charge < -0.3 is 36.4 Å². The molecule has 0 rings (SSSR count). The minimum absolute atomic E-state index is 0.290. The van der Waals surface area contributed by atoms with Crippen molar-refractivity contribution in [3.63, 3.8) is 0 Å². The molecule has 0 aromatic heterocycles. The van der Waals surface area contributed by atoms with Crippen LogP contribution in [0.25, 0.3) is 0 Å². The topological polar surface area (TPSA) is 236 Å². The Morgan fingerprint density at radius 3 is 1.38 bits per heavy atom. The van der Waals surface area contributed by atoms with Gasteiger partial charge in [-0.05, 0) is 12.8 Å². The van der Waals surface area contributed by atoms with E-state index < -0.39 is 98.2 Å². The lowest BCUT2D eigenvalue weighted by Crippen LogP contribution is -2.56. The van der Waals surface area contributed by atoms with E-state index in [1.165, 1.54) is 0 Å². The number of carboxylic acids is 4. The zero-order valence-corrected chi connectivity index (χ0v) is 17.7. The minimum Gasteiger partial charge on any atom is -0.481 e. The van der Waals surface area contributed by atoms with Gasteiger partial charge in [0.25, 0.3) is 0 Å².